The van der Waals surface area contributed by atoms with Gasteiger partial charge in [-0.15, -0.1) is 0 Å². The van der Waals surface area contributed by atoms with Gasteiger partial charge in [0, 0.05) is 110 Å². The molecule has 0 fully saturated rings. The molecule has 10 heterocycles. The molecule has 8 aromatic rings. The fraction of sp³-hybridized carbons (Fsp3) is 0.426. The summed E-state index contributed by atoms with van der Waals surface area (Å²) in [4.78, 5) is 18.9. The summed E-state index contributed by atoms with van der Waals surface area (Å²) in [6.45, 7) is 34.9. The van der Waals surface area contributed by atoms with Crippen molar-refractivity contribution in [2.75, 3.05) is 0 Å². The number of azo groups is 1. The molecule has 0 amide bonds. The van der Waals surface area contributed by atoms with Gasteiger partial charge in [0.25, 0.3) is 6.04 Å². The summed E-state index contributed by atoms with van der Waals surface area (Å²) in [5.41, 5.74) is 12.2. The van der Waals surface area contributed by atoms with Gasteiger partial charge in [0.05, 0.1) is 29.8 Å². The molecule has 2 aliphatic rings. The minimum atomic E-state index is 0.0720. The Kier molecular flexibility index (Phi) is 14.3. The lowest BCUT2D eigenvalue weighted by Crippen LogP contribution is -2.26. The summed E-state index contributed by atoms with van der Waals surface area (Å²) >= 11 is 0. The van der Waals surface area contributed by atoms with Crippen LogP contribution in [0, 0.1) is 12.3 Å². The van der Waals surface area contributed by atoms with Crippen molar-refractivity contribution in [2.45, 2.75) is 138 Å². The predicted molar refractivity (Wildman–Crippen MR) is 273 cm³/mol. The van der Waals surface area contributed by atoms with Crippen molar-refractivity contribution in [3.05, 3.63) is 150 Å². The lowest BCUT2D eigenvalue weighted by molar-refractivity contribution is -0.608. The molecule has 10 rings (SSSR count). The topological polar surface area (TPSA) is 123 Å². The average Bonchev–Trinajstić information content (AvgIpc) is 4.09. The Balaban J connectivity index is 0.000000138. The van der Waals surface area contributed by atoms with Crippen LogP contribution < -0.4 is 0 Å². The van der Waals surface area contributed by atoms with Crippen molar-refractivity contribution in [1.29, 1.82) is 0 Å². The third-order valence-electron chi connectivity index (χ3n) is 11.4. The molecule has 0 radical (unpaired) electrons. The molecule has 0 saturated carbocycles. The molecule has 13 nitrogen and oxygen atoms in total. The second-order valence-electron chi connectivity index (χ2n) is 22.3. The van der Waals surface area contributed by atoms with Gasteiger partial charge in [-0.25, -0.2) is 19.5 Å². The van der Waals surface area contributed by atoms with E-state index < -0.39 is 0 Å². The van der Waals surface area contributed by atoms with Gasteiger partial charge in [-0.3, -0.25) is 9.67 Å². The number of pyridine rings is 3. The summed E-state index contributed by atoms with van der Waals surface area (Å²) in [5, 5.41) is 18.3. The molecule has 13 heteroatoms. The standard InChI is InChI=1S/C12H16N2.C11H15N3.C11H14N2.C10H13N3.C10H14N3/c1-9-5-6-14-10(12(2,3)4)8-13-11(14)7-9;1-11(2,3)9-8-6-5-7-12-10(8)14(4)13-9;1-11(2,3)9-8-12-10-6-4-5-7-13(9)10;1-10(2,3)8-6-12-13-5-4-11-7-9(8)13;1-10(2,3)8-7-12-13-9(8)5-4-6-11-13/h5-8H,1-4H3;5-7H,1-4H3;4-8H,1-3H3;4-7H,1-3H3;4-7,9H,1-3H3/q;;;;+1. The van der Waals surface area contributed by atoms with Gasteiger partial charge in [0.1, 0.15) is 17.5 Å². The second-order valence-corrected chi connectivity index (χ2v) is 22.3. The first kappa shape index (κ1) is 49.8. The number of aromatic nitrogens is 10. The summed E-state index contributed by atoms with van der Waals surface area (Å²) in [7, 11) is 1.94. The molecule has 8 aromatic heterocycles. The third-order valence-corrected chi connectivity index (χ3v) is 11.4. The van der Waals surface area contributed by atoms with Gasteiger partial charge in [-0.1, -0.05) is 110 Å². The van der Waals surface area contributed by atoms with E-state index in [2.05, 4.69) is 197 Å². The summed E-state index contributed by atoms with van der Waals surface area (Å²) in [5.74, 6) is 0. The summed E-state index contributed by atoms with van der Waals surface area (Å²) < 4.78 is 8.00. The van der Waals surface area contributed by atoms with Crippen molar-refractivity contribution in [3.8, 4) is 0 Å². The van der Waals surface area contributed by atoms with Crippen LogP contribution in [0.1, 0.15) is 132 Å². The molecule has 0 spiro atoms. The quantitative estimate of drug-likeness (QED) is 0.140. The van der Waals surface area contributed by atoms with E-state index in [4.69, 9.17) is 0 Å². The fourth-order valence-electron chi connectivity index (χ4n) is 7.76. The zero-order valence-corrected chi connectivity index (χ0v) is 42.9. The van der Waals surface area contributed by atoms with Crippen LogP contribution in [-0.4, -0.2) is 65.2 Å². The number of hydrazone groups is 1. The van der Waals surface area contributed by atoms with Crippen LogP contribution in [0.15, 0.2) is 132 Å². The van der Waals surface area contributed by atoms with Gasteiger partial charge in [0.2, 0.25) is 0 Å². The highest BCUT2D eigenvalue weighted by molar-refractivity contribution is 5.79. The van der Waals surface area contributed by atoms with Crippen molar-refractivity contribution >= 4 is 34.1 Å². The largest absolute Gasteiger partial charge is 0.304 e. The predicted octanol–water partition coefficient (Wildman–Crippen LogP) is 12.2. The van der Waals surface area contributed by atoms with E-state index in [-0.39, 0.29) is 33.1 Å². The first-order valence-corrected chi connectivity index (χ1v) is 23.1. The molecule has 2 aliphatic heterocycles. The number of nitrogens with zero attached hydrogens (tertiary/aromatic N) is 13. The van der Waals surface area contributed by atoms with Crippen molar-refractivity contribution in [1.82, 2.24) is 48.1 Å². The number of fused-ring (bicyclic) bond motifs is 5. The van der Waals surface area contributed by atoms with Crippen molar-refractivity contribution < 1.29 is 4.81 Å². The second kappa shape index (κ2) is 19.3. The molecule has 0 aromatic carbocycles. The van der Waals surface area contributed by atoms with Crippen LogP contribution in [-0.2, 0) is 28.7 Å². The Morgan fingerprint density at radius 1 is 0.627 bits per heavy atom. The third kappa shape index (κ3) is 11.9. The van der Waals surface area contributed by atoms with Crippen LogP contribution in [0.2, 0.25) is 0 Å². The molecule has 67 heavy (non-hydrogen) atoms. The molecule has 0 N–H and O–H groups in total. The van der Waals surface area contributed by atoms with Gasteiger partial charge in [-0.05, 0) is 71.9 Å². The Morgan fingerprint density at radius 3 is 1.94 bits per heavy atom. The van der Waals surface area contributed by atoms with Crippen molar-refractivity contribution in [3.63, 3.8) is 0 Å². The Labute approximate surface area is 397 Å². The van der Waals surface area contributed by atoms with E-state index >= 15 is 0 Å². The van der Waals surface area contributed by atoms with Crippen LogP contribution >= 0.6 is 0 Å². The van der Waals surface area contributed by atoms with Gasteiger partial charge in [0.15, 0.2) is 5.65 Å². The maximum Gasteiger partial charge on any atom is 0.254 e. The Morgan fingerprint density at radius 2 is 1.30 bits per heavy atom. The monoisotopic (exact) mass is 903 g/mol. The summed E-state index contributed by atoms with van der Waals surface area (Å²) in [6.07, 6.45) is 25.0. The van der Waals surface area contributed by atoms with Crippen LogP contribution in [0.5, 0.6) is 0 Å². The normalized spacial score (nSPS) is 14.9. The first-order chi connectivity index (χ1) is 31.2. The number of aryl methyl sites for hydroxylation is 2. The molecule has 0 bridgehead atoms. The van der Waals surface area contributed by atoms with E-state index in [1.165, 1.54) is 28.1 Å². The molecular weight excluding hydrogens is 831 g/mol. The van der Waals surface area contributed by atoms with Crippen LogP contribution in [0.4, 0.5) is 0 Å². The highest BCUT2D eigenvalue weighted by Gasteiger charge is 2.38. The summed E-state index contributed by atoms with van der Waals surface area (Å²) in [6, 6.07) is 14.6. The van der Waals surface area contributed by atoms with E-state index in [1.807, 2.05) is 83.8 Å². The van der Waals surface area contributed by atoms with E-state index in [0.29, 0.717) is 0 Å². The SMILES string of the molecule is CC(C)(C)C1=CN=[N+]2N=CC=CC12.CC(C)(C)c1cnc2ccccn12.CC(C)(C)c1cnn2ccncc12.Cc1ccn2c(C(C)(C)C)cnc2c1.Cn1nc(C(C)(C)C)c2cccnc21. The number of hydrogen-bond donors (Lipinski definition) is 0. The maximum absolute atomic E-state index is 4.52. The molecule has 352 valence electrons. The Hall–Kier alpha value is -6.63. The highest BCUT2D eigenvalue weighted by atomic mass is 15.5. The zero-order chi connectivity index (χ0) is 49.1. The zero-order valence-electron chi connectivity index (χ0n) is 42.9. The smallest absolute Gasteiger partial charge is 0.254 e. The van der Waals surface area contributed by atoms with E-state index in [9.17, 15) is 0 Å². The molecule has 1 atom stereocenters. The van der Waals surface area contributed by atoms with Gasteiger partial charge >= 0.3 is 0 Å². The first-order valence-electron chi connectivity index (χ1n) is 23.1. The van der Waals surface area contributed by atoms with Crippen molar-refractivity contribution in [2.24, 2.45) is 22.7 Å². The molecule has 0 saturated heterocycles. The number of rotatable bonds is 0. The lowest BCUT2D eigenvalue weighted by Gasteiger charge is -2.20. The minimum absolute atomic E-state index is 0.0720. The van der Waals surface area contributed by atoms with E-state index in [1.54, 1.807) is 23.4 Å². The molecule has 1 unspecified atom stereocenters. The highest BCUT2D eigenvalue weighted by Crippen LogP contribution is 2.34. The van der Waals surface area contributed by atoms with Crippen LogP contribution in [0.25, 0.3) is 27.8 Å². The van der Waals surface area contributed by atoms with E-state index in [0.717, 1.165) is 33.5 Å². The van der Waals surface area contributed by atoms with Gasteiger partial charge < -0.3 is 8.80 Å². The maximum atomic E-state index is 4.52. The molecular formula is C54H72N13+. The minimum Gasteiger partial charge on any atom is -0.304 e. The Bertz CT molecular complexity index is 2990. The number of hydrogen-bond acceptors (Lipinski definition) is 8. The number of allylic oxidation sites excluding steroid dienone is 1. The lowest BCUT2D eigenvalue weighted by atomic mass is 9.83. The molecule has 0 aliphatic carbocycles. The average molecular weight is 903 g/mol. The van der Waals surface area contributed by atoms with Gasteiger partial charge in [-0.2, -0.15) is 10.2 Å². The number of imidazole rings is 2. The van der Waals surface area contributed by atoms with Crippen LogP contribution in [0.3, 0.4) is 0 Å². The fourth-order valence-corrected chi connectivity index (χ4v) is 7.76.